The van der Waals surface area contributed by atoms with Crippen LogP contribution in [-0.4, -0.2) is 50.0 Å². The van der Waals surface area contributed by atoms with Gasteiger partial charge in [-0.1, -0.05) is 73.2 Å². The number of pyridine rings is 1. The summed E-state index contributed by atoms with van der Waals surface area (Å²) in [6.45, 7) is 0.352. The van der Waals surface area contributed by atoms with Crippen LogP contribution in [0.4, 0.5) is 0 Å². The van der Waals surface area contributed by atoms with Crippen LogP contribution >= 0.6 is 11.8 Å². The summed E-state index contributed by atoms with van der Waals surface area (Å²) in [4.78, 5) is 38.9. The van der Waals surface area contributed by atoms with Gasteiger partial charge in [-0.2, -0.15) is 0 Å². The Hall–Kier alpha value is -4.55. The Bertz CT molecular complexity index is 1710. The van der Waals surface area contributed by atoms with E-state index in [1.165, 1.54) is 11.8 Å². The normalized spacial score (nSPS) is 17.4. The number of carbonyl (C=O) groups excluding carboxylic acids is 1. The van der Waals surface area contributed by atoms with Crippen LogP contribution in [0.15, 0.2) is 96.2 Å². The first-order valence-corrected chi connectivity index (χ1v) is 17.3. The van der Waals surface area contributed by atoms with Crippen molar-refractivity contribution in [3.8, 4) is 11.1 Å². The molecule has 0 aliphatic carbocycles. The van der Waals surface area contributed by atoms with Gasteiger partial charge >= 0.3 is 11.9 Å². The standard InChI is InChI=1S/C38H40N2O8S/c41-23-25-11-13-28(14-12-25)33-21-31(24-49-36-32(37(45)46)8-5-19-39-36)47-38(48-33)29-17-15-27(16-18-29)30-7-4-6-26(20-30)22-40-34(42)9-2-1-3-10-35(43)44/h4-8,11-20,31,33,38,41H,1-3,9-10,21-24H2,(H,40,42)(H,43,44)(H,45,46)/t31-,33+,38+/m0/s1. The van der Waals surface area contributed by atoms with Gasteiger partial charge in [0.2, 0.25) is 5.91 Å². The molecule has 0 bridgehead atoms. The van der Waals surface area contributed by atoms with E-state index in [0.717, 1.165) is 33.4 Å². The van der Waals surface area contributed by atoms with Crippen molar-refractivity contribution in [1.82, 2.24) is 10.3 Å². The highest BCUT2D eigenvalue weighted by atomic mass is 32.2. The van der Waals surface area contributed by atoms with Crippen LogP contribution in [0.25, 0.3) is 11.1 Å². The Morgan fingerprint density at radius 3 is 2.31 bits per heavy atom. The smallest absolute Gasteiger partial charge is 0.338 e. The molecule has 0 saturated carbocycles. The fraction of sp³-hybridized carbons (Fsp3) is 0.316. The van der Waals surface area contributed by atoms with Crippen LogP contribution in [0.5, 0.6) is 0 Å². The van der Waals surface area contributed by atoms with E-state index in [0.29, 0.717) is 49.4 Å². The molecule has 0 radical (unpaired) electrons. The molecule has 1 saturated heterocycles. The SMILES string of the molecule is O=C(O)CCCCCC(=O)NCc1cccc(-c2ccc([C@@H]3O[C@H](CSc4ncccc4C(=O)O)C[C@H](c4ccc(CO)cc4)O3)cc2)c1. The van der Waals surface area contributed by atoms with Gasteiger partial charge in [0.25, 0.3) is 0 Å². The molecule has 4 aromatic rings. The van der Waals surface area contributed by atoms with Gasteiger partial charge in [0.05, 0.1) is 24.4 Å². The topological polar surface area (TPSA) is 155 Å². The van der Waals surface area contributed by atoms with Crippen LogP contribution < -0.4 is 5.32 Å². The zero-order valence-corrected chi connectivity index (χ0v) is 27.8. The number of aliphatic carboxylic acids is 1. The average Bonchev–Trinajstić information content (AvgIpc) is 3.13. The first-order chi connectivity index (χ1) is 23.8. The van der Waals surface area contributed by atoms with Crippen LogP contribution in [0.3, 0.4) is 0 Å². The number of carboxylic acid groups (broad SMARTS) is 2. The summed E-state index contributed by atoms with van der Waals surface area (Å²) in [5.74, 6) is -1.42. The molecule has 11 heteroatoms. The number of nitrogens with one attached hydrogen (secondary N) is 1. The molecule has 256 valence electrons. The molecule has 0 unspecified atom stereocenters. The van der Waals surface area contributed by atoms with Crippen LogP contribution in [0.2, 0.25) is 0 Å². The van der Waals surface area contributed by atoms with E-state index < -0.39 is 18.2 Å². The van der Waals surface area contributed by atoms with E-state index in [9.17, 15) is 24.6 Å². The highest BCUT2D eigenvalue weighted by molar-refractivity contribution is 7.99. The van der Waals surface area contributed by atoms with Gasteiger partial charge in [-0.15, -0.1) is 11.8 Å². The molecule has 0 spiro atoms. The predicted octanol–water partition coefficient (Wildman–Crippen LogP) is 6.93. The number of thioether (sulfide) groups is 1. The van der Waals surface area contributed by atoms with E-state index in [2.05, 4.69) is 10.3 Å². The number of aromatic carboxylic acids is 1. The summed E-state index contributed by atoms with van der Waals surface area (Å²) in [6.07, 6.45) is 3.37. The maximum absolute atomic E-state index is 12.3. The van der Waals surface area contributed by atoms with E-state index in [1.807, 2.05) is 72.8 Å². The van der Waals surface area contributed by atoms with E-state index in [4.69, 9.17) is 14.6 Å². The van der Waals surface area contributed by atoms with Crippen LogP contribution in [0.1, 0.15) is 83.5 Å². The third-order valence-corrected chi connectivity index (χ3v) is 9.39. The van der Waals surface area contributed by atoms with Gasteiger partial charge in [-0.05, 0) is 58.9 Å². The van der Waals surface area contributed by atoms with Crippen molar-refractivity contribution in [1.29, 1.82) is 0 Å². The molecule has 3 aromatic carbocycles. The molecule has 4 N–H and O–H groups in total. The Morgan fingerprint density at radius 2 is 1.57 bits per heavy atom. The maximum atomic E-state index is 12.3. The average molecular weight is 685 g/mol. The maximum Gasteiger partial charge on any atom is 0.338 e. The summed E-state index contributed by atoms with van der Waals surface area (Å²) in [5, 5.41) is 31.2. The number of unbranched alkanes of at least 4 members (excludes halogenated alkanes) is 2. The minimum absolute atomic E-state index is 0.0474. The number of benzene rings is 3. The number of aliphatic hydroxyl groups excluding tert-OH is 1. The van der Waals surface area contributed by atoms with Gasteiger partial charge in [0.15, 0.2) is 6.29 Å². The Balaban J connectivity index is 1.24. The van der Waals surface area contributed by atoms with E-state index in [-0.39, 0.29) is 36.7 Å². The quantitative estimate of drug-likeness (QED) is 0.0721. The number of hydrogen-bond acceptors (Lipinski definition) is 8. The van der Waals surface area contributed by atoms with Crippen molar-refractivity contribution in [3.05, 3.63) is 119 Å². The summed E-state index contributed by atoms with van der Waals surface area (Å²) in [6, 6.07) is 26.7. The van der Waals surface area contributed by atoms with Gasteiger partial charge in [-0.25, -0.2) is 9.78 Å². The van der Waals surface area contributed by atoms with Gasteiger partial charge in [-0.3, -0.25) is 9.59 Å². The Labute approximate surface area is 289 Å². The van der Waals surface area contributed by atoms with Crippen LogP contribution in [-0.2, 0) is 32.2 Å². The lowest BCUT2D eigenvalue weighted by Gasteiger charge is -2.36. The predicted molar refractivity (Wildman–Crippen MR) is 185 cm³/mol. The lowest BCUT2D eigenvalue weighted by Crippen LogP contribution is -2.31. The highest BCUT2D eigenvalue weighted by Gasteiger charge is 2.32. The number of carbonyl (C=O) groups is 3. The van der Waals surface area contributed by atoms with Crippen LogP contribution in [0, 0.1) is 0 Å². The van der Waals surface area contributed by atoms with Crippen molar-refractivity contribution in [2.45, 2.75) is 75.2 Å². The van der Waals surface area contributed by atoms with Gasteiger partial charge < -0.3 is 30.1 Å². The number of carboxylic acids is 2. The lowest BCUT2D eigenvalue weighted by atomic mass is 9.99. The number of rotatable bonds is 16. The molecule has 1 aliphatic heterocycles. The fourth-order valence-corrected chi connectivity index (χ4v) is 6.59. The Kier molecular flexibility index (Phi) is 12.9. The highest BCUT2D eigenvalue weighted by Crippen LogP contribution is 2.40. The number of hydrogen-bond donors (Lipinski definition) is 4. The minimum Gasteiger partial charge on any atom is -0.481 e. The molecule has 49 heavy (non-hydrogen) atoms. The number of amides is 1. The second-order valence-corrected chi connectivity index (χ2v) is 12.9. The van der Waals surface area contributed by atoms with Crippen molar-refractivity contribution < 1.29 is 39.2 Å². The molecule has 2 heterocycles. The van der Waals surface area contributed by atoms with Crippen molar-refractivity contribution in [2.24, 2.45) is 0 Å². The van der Waals surface area contributed by atoms with E-state index >= 15 is 0 Å². The Morgan fingerprint density at radius 1 is 0.816 bits per heavy atom. The second kappa shape index (κ2) is 17.7. The third kappa shape index (κ3) is 10.5. The monoisotopic (exact) mass is 684 g/mol. The first kappa shape index (κ1) is 35.7. The lowest BCUT2D eigenvalue weighted by molar-refractivity contribution is -0.245. The zero-order chi connectivity index (χ0) is 34.6. The molecular weight excluding hydrogens is 644 g/mol. The van der Waals surface area contributed by atoms with Gasteiger partial charge in [0.1, 0.15) is 5.03 Å². The van der Waals surface area contributed by atoms with Crippen molar-refractivity contribution in [3.63, 3.8) is 0 Å². The molecule has 1 aromatic heterocycles. The molecule has 10 nitrogen and oxygen atoms in total. The zero-order valence-electron chi connectivity index (χ0n) is 27.0. The minimum atomic E-state index is -1.03. The third-order valence-electron chi connectivity index (χ3n) is 8.25. The fourth-order valence-electron chi connectivity index (χ4n) is 5.58. The molecule has 5 rings (SSSR count). The summed E-state index contributed by atoms with van der Waals surface area (Å²) in [7, 11) is 0. The number of ether oxygens (including phenoxy) is 2. The van der Waals surface area contributed by atoms with Crippen molar-refractivity contribution >= 4 is 29.6 Å². The van der Waals surface area contributed by atoms with E-state index in [1.54, 1.807) is 18.3 Å². The molecule has 1 fully saturated rings. The summed E-state index contributed by atoms with van der Waals surface area (Å²) < 4.78 is 12.9. The van der Waals surface area contributed by atoms with Gasteiger partial charge in [0, 0.05) is 43.3 Å². The largest absolute Gasteiger partial charge is 0.481 e. The summed E-state index contributed by atoms with van der Waals surface area (Å²) >= 11 is 1.34. The molecule has 3 atom stereocenters. The second-order valence-electron chi connectivity index (χ2n) is 11.9. The molecule has 1 amide bonds. The molecule has 1 aliphatic rings. The molecular formula is C38H40N2O8S. The number of aliphatic hydroxyl groups is 1. The summed E-state index contributed by atoms with van der Waals surface area (Å²) in [5.41, 5.74) is 5.72. The first-order valence-electron chi connectivity index (χ1n) is 16.3. The number of nitrogens with zero attached hydrogens (tertiary/aromatic N) is 1. The van der Waals surface area contributed by atoms with Crippen molar-refractivity contribution in [2.75, 3.05) is 5.75 Å². The number of aromatic nitrogens is 1.